The van der Waals surface area contributed by atoms with Crippen molar-refractivity contribution in [1.29, 1.82) is 0 Å². The lowest BCUT2D eigenvalue weighted by molar-refractivity contribution is 0.221. The van der Waals surface area contributed by atoms with Crippen molar-refractivity contribution in [2.75, 3.05) is 0 Å². The van der Waals surface area contributed by atoms with Crippen molar-refractivity contribution in [2.45, 2.75) is 59.3 Å². The van der Waals surface area contributed by atoms with Crippen LogP contribution in [0.4, 0.5) is 0 Å². The van der Waals surface area contributed by atoms with Gasteiger partial charge in [0.25, 0.3) is 0 Å². The van der Waals surface area contributed by atoms with Crippen molar-refractivity contribution < 1.29 is 0 Å². The number of rotatable bonds is 6. The Bertz CT molecular complexity index is 287. The predicted molar refractivity (Wildman–Crippen MR) is 73.5 cm³/mol. The van der Waals surface area contributed by atoms with Gasteiger partial charge in [-0.05, 0) is 36.7 Å². The van der Waals surface area contributed by atoms with Crippen molar-refractivity contribution in [3.8, 4) is 0 Å². The van der Waals surface area contributed by atoms with Crippen LogP contribution in [0.1, 0.15) is 59.3 Å². The summed E-state index contributed by atoms with van der Waals surface area (Å²) in [4.78, 5) is 0. The zero-order chi connectivity index (χ0) is 12.0. The third-order valence-electron chi connectivity index (χ3n) is 3.89. The van der Waals surface area contributed by atoms with Crippen LogP contribution in [0.15, 0.2) is 36.0 Å². The quantitative estimate of drug-likeness (QED) is 0.522. The molecule has 0 atom stereocenters. The van der Waals surface area contributed by atoms with E-state index in [0.717, 1.165) is 0 Å². The highest BCUT2D eigenvalue weighted by atomic mass is 14.4. The summed E-state index contributed by atoms with van der Waals surface area (Å²) in [5.41, 5.74) is 3.26. The van der Waals surface area contributed by atoms with E-state index in [1.807, 2.05) is 0 Å². The number of allylic oxidation sites excluding steroid dienone is 5. The average molecular weight is 218 g/mol. The fraction of sp³-hybridized carbons (Fsp3) is 0.625. The smallest absolute Gasteiger partial charge is 0.00811 e. The molecule has 0 aromatic rings. The van der Waals surface area contributed by atoms with E-state index < -0.39 is 0 Å². The van der Waals surface area contributed by atoms with Crippen LogP contribution in [-0.2, 0) is 0 Å². The third-order valence-corrected chi connectivity index (χ3v) is 3.89. The zero-order valence-corrected chi connectivity index (χ0v) is 11.2. The molecular weight excluding hydrogens is 192 g/mol. The molecule has 0 N–H and O–H groups in total. The van der Waals surface area contributed by atoms with Crippen LogP contribution < -0.4 is 0 Å². The van der Waals surface area contributed by atoms with Crippen LogP contribution in [0.5, 0.6) is 0 Å². The van der Waals surface area contributed by atoms with Crippen LogP contribution in [0.2, 0.25) is 0 Å². The van der Waals surface area contributed by atoms with Crippen molar-refractivity contribution in [1.82, 2.24) is 0 Å². The van der Waals surface area contributed by atoms with E-state index in [9.17, 15) is 0 Å². The van der Waals surface area contributed by atoms with E-state index in [1.54, 1.807) is 5.57 Å². The summed E-state index contributed by atoms with van der Waals surface area (Å²) < 4.78 is 0. The summed E-state index contributed by atoms with van der Waals surface area (Å²) >= 11 is 0. The fourth-order valence-corrected chi connectivity index (χ4v) is 2.23. The van der Waals surface area contributed by atoms with Gasteiger partial charge in [-0.3, -0.25) is 0 Å². The summed E-state index contributed by atoms with van der Waals surface area (Å²) in [6, 6.07) is 0. The number of hydrogen-bond donors (Lipinski definition) is 0. The Morgan fingerprint density at radius 2 is 2.00 bits per heavy atom. The molecule has 0 heterocycles. The van der Waals surface area contributed by atoms with Gasteiger partial charge in [0.1, 0.15) is 0 Å². The molecule has 0 nitrogen and oxygen atoms in total. The van der Waals surface area contributed by atoms with E-state index in [2.05, 4.69) is 45.6 Å². The van der Waals surface area contributed by atoms with Gasteiger partial charge in [0.15, 0.2) is 0 Å². The van der Waals surface area contributed by atoms with E-state index in [1.165, 1.54) is 44.1 Å². The first-order valence-electron chi connectivity index (χ1n) is 6.68. The maximum atomic E-state index is 4.20. The van der Waals surface area contributed by atoms with Gasteiger partial charge in [-0.1, -0.05) is 64.0 Å². The maximum absolute atomic E-state index is 4.20. The molecule has 0 amide bonds. The Morgan fingerprint density at radius 1 is 1.31 bits per heavy atom. The molecule has 0 aliphatic heterocycles. The third kappa shape index (κ3) is 3.37. The lowest BCUT2D eigenvalue weighted by Crippen LogP contribution is -2.26. The van der Waals surface area contributed by atoms with Crippen molar-refractivity contribution in [3.05, 3.63) is 36.0 Å². The normalized spacial score (nSPS) is 19.8. The summed E-state index contributed by atoms with van der Waals surface area (Å²) in [5.74, 6) is 0. The summed E-state index contributed by atoms with van der Waals surface area (Å²) in [6.45, 7) is 11.0. The minimum atomic E-state index is 0.404. The van der Waals surface area contributed by atoms with Crippen molar-refractivity contribution in [2.24, 2.45) is 5.41 Å². The zero-order valence-electron chi connectivity index (χ0n) is 11.2. The largest absolute Gasteiger partial charge is 0.0953 e. The Labute approximate surface area is 101 Å². The molecule has 1 rings (SSSR count). The fourth-order valence-electron chi connectivity index (χ4n) is 2.23. The van der Waals surface area contributed by atoms with Crippen LogP contribution in [0, 0.1) is 5.41 Å². The lowest BCUT2D eigenvalue weighted by atomic mass is 9.66. The molecule has 0 radical (unpaired) electrons. The molecule has 0 spiro atoms. The van der Waals surface area contributed by atoms with Gasteiger partial charge in [-0.15, -0.1) is 0 Å². The van der Waals surface area contributed by atoms with E-state index in [4.69, 9.17) is 0 Å². The molecule has 1 fully saturated rings. The monoisotopic (exact) mass is 218 g/mol. The highest BCUT2D eigenvalue weighted by Crippen LogP contribution is 2.46. The molecule has 0 saturated heterocycles. The second-order valence-electron chi connectivity index (χ2n) is 5.23. The maximum Gasteiger partial charge on any atom is -0.00811 e. The van der Waals surface area contributed by atoms with Gasteiger partial charge >= 0.3 is 0 Å². The van der Waals surface area contributed by atoms with Gasteiger partial charge in [0, 0.05) is 0 Å². The second-order valence-corrected chi connectivity index (χ2v) is 5.23. The van der Waals surface area contributed by atoms with Crippen molar-refractivity contribution in [3.63, 3.8) is 0 Å². The SMILES string of the molecule is C=C(/C=C\C=C(\CC)CCC)C1(C)CCC1. The Hall–Kier alpha value is -0.780. The predicted octanol–water partition coefficient (Wildman–Crippen LogP) is 5.43. The molecule has 0 unspecified atom stereocenters. The number of hydrogen-bond acceptors (Lipinski definition) is 0. The van der Waals surface area contributed by atoms with Crippen molar-refractivity contribution >= 4 is 0 Å². The van der Waals surface area contributed by atoms with Crippen LogP contribution >= 0.6 is 0 Å². The second kappa shape index (κ2) is 6.08. The highest BCUT2D eigenvalue weighted by Gasteiger charge is 2.32. The molecule has 0 aromatic heterocycles. The van der Waals surface area contributed by atoms with Gasteiger partial charge in [0.2, 0.25) is 0 Å². The molecule has 90 valence electrons. The topological polar surface area (TPSA) is 0 Å². The Morgan fingerprint density at radius 3 is 2.44 bits per heavy atom. The summed E-state index contributed by atoms with van der Waals surface area (Å²) in [6.07, 6.45) is 14.3. The van der Waals surface area contributed by atoms with E-state index >= 15 is 0 Å². The Kier molecular flexibility index (Phi) is 5.05. The molecular formula is C16H26. The summed E-state index contributed by atoms with van der Waals surface area (Å²) in [7, 11) is 0. The molecule has 0 aromatic carbocycles. The first-order chi connectivity index (χ1) is 7.62. The Balaban J connectivity index is 2.49. The van der Waals surface area contributed by atoms with Crippen LogP contribution in [0.3, 0.4) is 0 Å². The first kappa shape index (κ1) is 13.3. The summed E-state index contributed by atoms with van der Waals surface area (Å²) in [5, 5.41) is 0. The van der Waals surface area contributed by atoms with Gasteiger partial charge < -0.3 is 0 Å². The molecule has 1 saturated carbocycles. The lowest BCUT2D eigenvalue weighted by Gasteiger charge is -2.39. The van der Waals surface area contributed by atoms with E-state index in [0.29, 0.717) is 5.41 Å². The van der Waals surface area contributed by atoms with Gasteiger partial charge in [-0.25, -0.2) is 0 Å². The molecule has 1 aliphatic rings. The van der Waals surface area contributed by atoms with Gasteiger partial charge in [-0.2, -0.15) is 0 Å². The van der Waals surface area contributed by atoms with Crippen LogP contribution in [-0.4, -0.2) is 0 Å². The minimum Gasteiger partial charge on any atom is -0.0953 e. The average Bonchev–Trinajstić information content (AvgIpc) is 2.24. The first-order valence-corrected chi connectivity index (χ1v) is 6.68. The van der Waals surface area contributed by atoms with Crippen LogP contribution in [0.25, 0.3) is 0 Å². The standard InChI is InChI=1S/C16H26/c1-5-9-15(6-2)11-7-10-14(3)16(4)12-8-13-16/h7,10-11H,3,5-6,8-9,12-13H2,1-2,4H3/b10-7-,15-11-. The molecule has 16 heavy (non-hydrogen) atoms. The highest BCUT2D eigenvalue weighted by molar-refractivity contribution is 5.28. The molecule has 0 heteroatoms. The molecule has 0 bridgehead atoms. The van der Waals surface area contributed by atoms with E-state index in [-0.39, 0.29) is 0 Å². The van der Waals surface area contributed by atoms with Gasteiger partial charge in [0.05, 0.1) is 0 Å². The minimum absolute atomic E-state index is 0.404. The molecule has 1 aliphatic carbocycles.